The number of hydrogen-bond acceptors (Lipinski definition) is 13. The zero-order valence-electron chi connectivity index (χ0n) is 23.5. The van der Waals surface area contributed by atoms with Gasteiger partial charge in [-0.2, -0.15) is 8.42 Å². The topological polar surface area (TPSA) is 237 Å². The van der Waals surface area contributed by atoms with Gasteiger partial charge in [0.2, 0.25) is 11.5 Å². The molecule has 0 spiro atoms. The highest BCUT2D eigenvalue weighted by Gasteiger charge is 2.55. The number of nitrogens with zero attached hydrogens (tertiary/aromatic N) is 4. The molecule has 1 aliphatic heterocycles. The van der Waals surface area contributed by atoms with Gasteiger partial charge >= 0.3 is 16.3 Å². The van der Waals surface area contributed by atoms with E-state index in [1.165, 1.54) is 43.5 Å². The Morgan fingerprint density at radius 3 is 2.45 bits per heavy atom. The molecule has 1 aromatic heterocycles. The van der Waals surface area contributed by atoms with E-state index in [1.54, 1.807) is 13.8 Å². The van der Waals surface area contributed by atoms with Crippen molar-refractivity contribution in [2.75, 3.05) is 11.2 Å². The number of thiazole rings is 1. The maximum atomic E-state index is 13.4. The minimum absolute atomic E-state index is 0.0326. The molecule has 0 saturated carbocycles. The Morgan fingerprint density at radius 2 is 1.91 bits per heavy atom. The molecule has 3 N–H and O–H groups in total. The first-order chi connectivity index (χ1) is 20.5. The first kappa shape index (κ1) is 34.3. The summed E-state index contributed by atoms with van der Waals surface area (Å²) in [6.07, 6.45) is 0. The summed E-state index contributed by atoms with van der Waals surface area (Å²) >= 11 is 6.40. The van der Waals surface area contributed by atoms with Crippen LogP contribution in [0.15, 0.2) is 34.8 Å². The lowest BCUT2D eigenvalue weighted by Crippen LogP contribution is -2.73. The molecule has 3 amide bonds. The second-order valence-electron chi connectivity index (χ2n) is 10.1. The number of rotatable bonds is 13. The summed E-state index contributed by atoms with van der Waals surface area (Å²) in [5.74, 6) is -4.56. The van der Waals surface area contributed by atoms with E-state index in [1.807, 2.05) is 0 Å². The second-order valence-corrected chi connectivity index (χ2v) is 12.5. The van der Waals surface area contributed by atoms with Gasteiger partial charge in [0.25, 0.3) is 17.5 Å². The van der Waals surface area contributed by atoms with Crippen molar-refractivity contribution in [3.05, 3.63) is 51.0 Å². The number of nitro groups is 1. The maximum absolute atomic E-state index is 13.4. The average Bonchev–Trinajstić information content (AvgIpc) is 3.39. The fraction of sp³-hybridized carbons (Fsp3) is 0.417. The number of alkyl halides is 1. The smallest absolute Gasteiger partial charge is 0.362 e. The van der Waals surface area contributed by atoms with E-state index in [4.69, 9.17) is 21.2 Å². The van der Waals surface area contributed by atoms with Crippen molar-refractivity contribution < 1.29 is 46.6 Å². The Kier molecular flexibility index (Phi) is 10.6. The Balaban J connectivity index is 1.83. The Labute approximate surface area is 259 Å². The number of aromatic nitrogens is 1. The Hall–Kier alpha value is -4.20. The second kappa shape index (κ2) is 13.6. The molecular formula is C24H27ClN6O11S2. The molecule has 3 rings (SSSR count). The summed E-state index contributed by atoms with van der Waals surface area (Å²) in [4.78, 5) is 70.1. The van der Waals surface area contributed by atoms with Crippen LogP contribution in [0.2, 0.25) is 0 Å². The minimum atomic E-state index is -4.90. The molecule has 1 fully saturated rings. The van der Waals surface area contributed by atoms with Crippen LogP contribution in [0, 0.1) is 16.0 Å². The highest BCUT2D eigenvalue weighted by Crippen LogP contribution is 2.29. The molecule has 2 heterocycles. The van der Waals surface area contributed by atoms with E-state index in [9.17, 15) is 42.3 Å². The number of halogens is 1. The molecule has 17 nitrogen and oxygen atoms in total. The lowest BCUT2D eigenvalue weighted by Gasteiger charge is -2.46. The number of anilines is 1. The third-order valence-electron chi connectivity index (χ3n) is 6.02. The zero-order chi connectivity index (χ0) is 33.0. The van der Waals surface area contributed by atoms with Crippen LogP contribution in [-0.4, -0.2) is 80.2 Å². The van der Waals surface area contributed by atoms with Gasteiger partial charge in [0.15, 0.2) is 10.8 Å². The van der Waals surface area contributed by atoms with Crippen LogP contribution in [-0.2, 0) is 45.7 Å². The van der Waals surface area contributed by atoms with Crippen LogP contribution in [0.1, 0.15) is 39.0 Å². The van der Waals surface area contributed by atoms with Crippen LogP contribution in [0.3, 0.4) is 0 Å². The quantitative estimate of drug-likeness (QED) is 0.0523. The first-order valence-corrected chi connectivity index (χ1v) is 15.4. The molecule has 1 saturated heterocycles. The van der Waals surface area contributed by atoms with Crippen molar-refractivity contribution in [2.24, 2.45) is 11.1 Å². The van der Waals surface area contributed by atoms with Crippen LogP contribution < -0.4 is 10.6 Å². The van der Waals surface area contributed by atoms with Crippen molar-refractivity contribution in [1.82, 2.24) is 14.6 Å². The number of non-ortho nitro benzene ring substituents is 1. The van der Waals surface area contributed by atoms with Crippen molar-refractivity contribution in [3.63, 3.8) is 0 Å². The average molecular weight is 675 g/mol. The lowest BCUT2D eigenvalue weighted by atomic mass is 9.88. The summed E-state index contributed by atoms with van der Waals surface area (Å²) in [5.41, 5.74) is -2.20. The number of oxime groups is 1. The molecular weight excluding hydrogens is 648 g/mol. The molecule has 1 aliphatic rings. The molecule has 0 radical (unpaired) electrons. The molecule has 20 heteroatoms. The van der Waals surface area contributed by atoms with Crippen molar-refractivity contribution >= 4 is 73.5 Å². The molecule has 2 aromatic rings. The monoisotopic (exact) mass is 674 g/mol. The Bertz CT molecular complexity index is 1590. The van der Waals surface area contributed by atoms with Crippen LogP contribution >= 0.6 is 22.9 Å². The Morgan fingerprint density at radius 1 is 1.27 bits per heavy atom. The number of ether oxygens (including phenoxy) is 1. The summed E-state index contributed by atoms with van der Waals surface area (Å²) in [5, 5.41) is 20.7. The maximum Gasteiger partial charge on any atom is 0.362 e. The van der Waals surface area contributed by atoms with Gasteiger partial charge in [-0.15, -0.1) is 22.9 Å². The minimum Gasteiger partial charge on any atom is -0.458 e. The van der Waals surface area contributed by atoms with Crippen molar-refractivity contribution in [3.8, 4) is 0 Å². The zero-order valence-corrected chi connectivity index (χ0v) is 25.9. The lowest BCUT2D eigenvalue weighted by molar-refractivity contribution is -0.384. The van der Waals surface area contributed by atoms with Crippen LogP contribution in [0.25, 0.3) is 0 Å². The summed E-state index contributed by atoms with van der Waals surface area (Å²) in [6.45, 7) is 5.45. The van der Waals surface area contributed by atoms with E-state index in [0.717, 1.165) is 11.3 Å². The van der Waals surface area contributed by atoms with E-state index in [2.05, 4.69) is 20.8 Å². The van der Waals surface area contributed by atoms with Gasteiger partial charge in [-0.25, -0.2) is 14.1 Å². The third kappa shape index (κ3) is 8.04. The fourth-order valence-corrected chi connectivity index (χ4v) is 5.59. The summed E-state index contributed by atoms with van der Waals surface area (Å²) < 4.78 is 38.3. The van der Waals surface area contributed by atoms with Gasteiger partial charge < -0.3 is 20.2 Å². The summed E-state index contributed by atoms with van der Waals surface area (Å²) in [7, 11) is -4.90. The number of amides is 3. The van der Waals surface area contributed by atoms with Gasteiger partial charge in [-0.3, -0.25) is 29.1 Å². The van der Waals surface area contributed by atoms with E-state index in [0.29, 0.717) is 5.56 Å². The van der Waals surface area contributed by atoms with Gasteiger partial charge in [-0.1, -0.05) is 19.0 Å². The number of β-lactam (4-membered cyclic amide) rings is 1. The molecule has 238 valence electrons. The SMILES string of the molecule is CC(C)[C@H]1[C@@H](NC(=O)C(=NOC(C)(C)C(=O)OCc2ccc([N+](=O)[O-])cc2)c2csc(NC(=O)CCl)n2)C(=O)N1S(=O)(=O)O. The van der Waals surface area contributed by atoms with E-state index >= 15 is 0 Å². The number of hydrogen-bond donors (Lipinski definition) is 3. The van der Waals surface area contributed by atoms with E-state index < -0.39 is 68.2 Å². The van der Waals surface area contributed by atoms with Crippen LogP contribution in [0.5, 0.6) is 0 Å². The van der Waals surface area contributed by atoms with Gasteiger partial charge in [0, 0.05) is 17.5 Å². The normalized spacial score (nSPS) is 17.1. The third-order valence-corrected chi connectivity index (χ3v) is 7.94. The molecule has 0 aliphatic carbocycles. The predicted molar refractivity (Wildman–Crippen MR) is 155 cm³/mol. The number of benzene rings is 1. The number of nitro benzene ring substituents is 1. The van der Waals surface area contributed by atoms with Gasteiger partial charge in [0.1, 0.15) is 24.2 Å². The van der Waals surface area contributed by atoms with Crippen LogP contribution in [0.4, 0.5) is 10.8 Å². The largest absolute Gasteiger partial charge is 0.458 e. The summed E-state index contributed by atoms with van der Waals surface area (Å²) in [6, 6.07) is 2.79. The first-order valence-electron chi connectivity index (χ1n) is 12.6. The molecule has 44 heavy (non-hydrogen) atoms. The number of carbonyl (C=O) groups is 4. The fourth-order valence-electron chi connectivity index (χ4n) is 3.79. The number of carbonyl (C=O) groups excluding carboxylic acids is 4. The molecule has 2 atom stereocenters. The van der Waals surface area contributed by atoms with Gasteiger partial charge in [0.05, 0.1) is 11.0 Å². The molecule has 0 bridgehead atoms. The predicted octanol–water partition coefficient (Wildman–Crippen LogP) is 1.63. The standard InChI is InChI=1S/C24H27ClN6O11S2/c1-12(2)19-18(21(34)30(19)44(38,39)40)28-20(33)17(15-11-43-23(26-15)27-16(32)9-25)29-42-24(3,4)22(35)41-10-13-5-7-14(8-6-13)31(36)37/h5-8,11-12,18-19H,9-10H2,1-4H3,(H,28,33)(H,26,27,32)(H,38,39,40)/t18-,19+/m1/s1. The van der Waals surface area contributed by atoms with E-state index in [-0.39, 0.29) is 33.3 Å². The molecule has 1 aromatic carbocycles. The van der Waals surface area contributed by atoms with Gasteiger partial charge in [-0.05, 0) is 37.5 Å². The highest BCUT2D eigenvalue weighted by atomic mass is 35.5. The highest BCUT2D eigenvalue weighted by molar-refractivity contribution is 7.84. The number of nitrogens with one attached hydrogen (secondary N) is 2. The molecule has 0 unspecified atom stereocenters. The number of esters is 1. The van der Waals surface area contributed by atoms with Crippen molar-refractivity contribution in [2.45, 2.75) is 52.0 Å². The van der Waals surface area contributed by atoms with Crippen molar-refractivity contribution in [1.29, 1.82) is 0 Å².